The third-order valence-corrected chi connectivity index (χ3v) is 2.59. The number of aliphatic carboxylic acids is 1. The van der Waals surface area contributed by atoms with Crippen molar-refractivity contribution in [1.82, 2.24) is 5.43 Å². The molecular weight excluding hydrogens is 256 g/mol. The molecule has 0 spiro atoms. The molecule has 2 N–H and O–H groups in total. The SMILES string of the molecule is CC(C)CC(=O)N/N=C(/CCC(=O)O)c1ccccc1. The van der Waals surface area contributed by atoms with E-state index in [4.69, 9.17) is 5.11 Å². The molecular formula is C15H20N2O3. The van der Waals surface area contributed by atoms with Crippen LogP contribution < -0.4 is 5.43 Å². The van der Waals surface area contributed by atoms with Crippen LogP contribution in [-0.4, -0.2) is 22.7 Å². The fourth-order valence-corrected chi connectivity index (χ4v) is 1.67. The number of carboxylic acids is 1. The number of amides is 1. The molecule has 5 nitrogen and oxygen atoms in total. The van der Waals surface area contributed by atoms with Gasteiger partial charge in [-0.05, 0) is 11.5 Å². The molecule has 0 atom stereocenters. The molecule has 0 aliphatic rings. The zero-order chi connectivity index (χ0) is 15.0. The second-order valence-corrected chi connectivity index (χ2v) is 4.95. The molecule has 0 unspecified atom stereocenters. The Bertz CT molecular complexity index is 481. The lowest BCUT2D eigenvalue weighted by atomic mass is 10.1. The smallest absolute Gasteiger partial charge is 0.303 e. The van der Waals surface area contributed by atoms with Gasteiger partial charge in [0.15, 0.2) is 0 Å². The molecule has 0 radical (unpaired) electrons. The van der Waals surface area contributed by atoms with Crippen LogP contribution in [0.15, 0.2) is 35.4 Å². The Hall–Kier alpha value is -2.17. The zero-order valence-electron chi connectivity index (χ0n) is 11.8. The van der Waals surface area contributed by atoms with Crippen molar-refractivity contribution >= 4 is 17.6 Å². The van der Waals surface area contributed by atoms with Gasteiger partial charge in [0.1, 0.15) is 0 Å². The van der Waals surface area contributed by atoms with E-state index in [2.05, 4.69) is 10.5 Å². The standard InChI is InChI=1S/C15H20N2O3/c1-11(2)10-14(18)17-16-13(8-9-15(19)20)12-6-4-3-5-7-12/h3-7,11H,8-10H2,1-2H3,(H,17,18)(H,19,20)/b16-13-. The summed E-state index contributed by atoms with van der Waals surface area (Å²) in [4.78, 5) is 22.3. The van der Waals surface area contributed by atoms with Crippen LogP contribution in [-0.2, 0) is 9.59 Å². The molecule has 5 heteroatoms. The first-order valence-electron chi connectivity index (χ1n) is 6.61. The maximum Gasteiger partial charge on any atom is 0.303 e. The number of carboxylic acid groups (broad SMARTS) is 1. The van der Waals surface area contributed by atoms with E-state index in [-0.39, 0.29) is 24.7 Å². The Morgan fingerprint density at radius 3 is 2.40 bits per heavy atom. The Morgan fingerprint density at radius 2 is 1.85 bits per heavy atom. The van der Waals surface area contributed by atoms with E-state index >= 15 is 0 Å². The van der Waals surface area contributed by atoms with Crippen LogP contribution >= 0.6 is 0 Å². The van der Waals surface area contributed by atoms with Gasteiger partial charge in [-0.25, -0.2) is 5.43 Å². The predicted molar refractivity (Wildman–Crippen MR) is 77.4 cm³/mol. The monoisotopic (exact) mass is 276 g/mol. The maximum absolute atomic E-state index is 11.6. The molecule has 0 aliphatic carbocycles. The van der Waals surface area contributed by atoms with E-state index in [1.54, 1.807) is 0 Å². The van der Waals surface area contributed by atoms with Crippen molar-refractivity contribution in [3.8, 4) is 0 Å². The molecule has 1 aromatic rings. The molecule has 0 heterocycles. The third-order valence-electron chi connectivity index (χ3n) is 2.59. The number of carbonyl (C=O) groups is 2. The molecule has 0 aliphatic heterocycles. The highest BCUT2D eigenvalue weighted by atomic mass is 16.4. The van der Waals surface area contributed by atoms with Gasteiger partial charge in [0.25, 0.3) is 0 Å². The Kier molecular flexibility index (Phi) is 6.43. The summed E-state index contributed by atoms with van der Waals surface area (Å²) in [6.07, 6.45) is 0.652. The van der Waals surface area contributed by atoms with Crippen LogP contribution in [0.4, 0.5) is 0 Å². The highest BCUT2D eigenvalue weighted by Crippen LogP contribution is 2.07. The summed E-state index contributed by atoms with van der Waals surface area (Å²) >= 11 is 0. The van der Waals surface area contributed by atoms with E-state index < -0.39 is 5.97 Å². The minimum atomic E-state index is -0.887. The number of hydrogen-bond acceptors (Lipinski definition) is 3. The molecule has 0 bridgehead atoms. The van der Waals surface area contributed by atoms with Crippen molar-refractivity contribution in [2.45, 2.75) is 33.1 Å². The Labute approximate surface area is 118 Å². The van der Waals surface area contributed by atoms with Crippen LogP contribution in [0.2, 0.25) is 0 Å². The van der Waals surface area contributed by atoms with Gasteiger partial charge < -0.3 is 5.11 Å². The van der Waals surface area contributed by atoms with E-state index in [1.807, 2.05) is 44.2 Å². The average Bonchev–Trinajstić information content (AvgIpc) is 2.38. The van der Waals surface area contributed by atoms with Gasteiger partial charge in [-0.1, -0.05) is 44.2 Å². The van der Waals surface area contributed by atoms with Crippen LogP contribution in [0, 0.1) is 5.92 Å². The zero-order valence-corrected chi connectivity index (χ0v) is 11.8. The van der Waals surface area contributed by atoms with E-state index in [1.165, 1.54) is 0 Å². The highest BCUT2D eigenvalue weighted by molar-refractivity contribution is 6.02. The van der Waals surface area contributed by atoms with Crippen molar-refractivity contribution in [3.05, 3.63) is 35.9 Å². The topological polar surface area (TPSA) is 78.8 Å². The first kappa shape index (κ1) is 15.9. The largest absolute Gasteiger partial charge is 0.481 e. The second kappa shape index (κ2) is 8.09. The number of carbonyl (C=O) groups excluding carboxylic acids is 1. The van der Waals surface area contributed by atoms with Crippen molar-refractivity contribution in [1.29, 1.82) is 0 Å². The van der Waals surface area contributed by atoms with Crippen molar-refractivity contribution < 1.29 is 14.7 Å². The van der Waals surface area contributed by atoms with E-state index in [9.17, 15) is 9.59 Å². The molecule has 0 saturated heterocycles. The lowest BCUT2D eigenvalue weighted by molar-refractivity contribution is -0.136. The van der Waals surface area contributed by atoms with Gasteiger partial charge in [-0.2, -0.15) is 5.10 Å². The summed E-state index contributed by atoms with van der Waals surface area (Å²) in [7, 11) is 0. The van der Waals surface area contributed by atoms with Crippen LogP contribution in [0.1, 0.15) is 38.7 Å². The molecule has 1 rings (SSSR count). The number of hydrogen-bond donors (Lipinski definition) is 2. The Balaban J connectivity index is 2.76. The summed E-state index contributed by atoms with van der Waals surface area (Å²) in [6, 6.07) is 9.25. The molecule has 1 amide bonds. The first-order valence-corrected chi connectivity index (χ1v) is 6.61. The number of rotatable bonds is 7. The van der Waals surface area contributed by atoms with Crippen LogP contribution in [0.25, 0.3) is 0 Å². The maximum atomic E-state index is 11.6. The predicted octanol–water partition coefficient (Wildman–Crippen LogP) is 2.42. The molecule has 0 aromatic heterocycles. The molecule has 0 saturated carbocycles. The Morgan fingerprint density at radius 1 is 1.20 bits per heavy atom. The van der Waals surface area contributed by atoms with Gasteiger partial charge in [-0.15, -0.1) is 0 Å². The normalized spacial score (nSPS) is 11.4. The second-order valence-electron chi connectivity index (χ2n) is 4.95. The minimum Gasteiger partial charge on any atom is -0.481 e. The summed E-state index contributed by atoms with van der Waals surface area (Å²) in [5.74, 6) is -0.796. The first-order chi connectivity index (χ1) is 9.49. The fraction of sp³-hybridized carbons (Fsp3) is 0.400. The van der Waals surface area contributed by atoms with Crippen molar-refractivity contribution in [2.24, 2.45) is 11.0 Å². The molecule has 1 aromatic carbocycles. The quantitative estimate of drug-likeness (QED) is 0.593. The van der Waals surface area contributed by atoms with Gasteiger partial charge in [0.2, 0.25) is 5.91 Å². The van der Waals surface area contributed by atoms with Gasteiger partial charge in [-0.3, -0.25) is 9.59 Å². The number of hydrazone groups is 1. The number of nitrogens with one attached hydrogen (secondary N) is 1. The van der Waals surface area contributed by atoms with Gasteiger partial charge in [0, 0.05) is 12.8 Å². The number of benzene rings is 1. The summed E-state index contributed by atoms with van der Waals surface area (Å²) in [6.45, 7) is 3.90. The fourth-order valence-electron chi connectivity index (χ4n) is 1.67. The lowest BCUT2D eigenvalue weighted by Crippen LogP contribution is -2.21. The summed E-state index contributed by atoms with van der Waals surface area (Å²) in [5.41, 5.74) is 3.88. The van der Waals surface area contributed by atoms with Crippen molar-refractivity contribution in [3.63, 3.8) is 0 Å². The van der Waals surface area contributed by atoms with Crippen LogP contribution in [0.5, 0.6) is 0 Å². The summed E-state index contributed by atoms with van der Waals surface area (Å²) in [5, 5.41) is 12.8. The van der Waals surface area contributed by atoms with Gasteiger partial charge in [0.05, 0.1) is 12.1 Å². The van der Waals surface area contributed by atoms with Crippen molar-refractivity contribution in [2.75, 3.05) is 0 Å². The third kappa shape index (κ3) is 6.13. The highest BCUT2D eigenvalue weighted by Gasteiger charge is 2.08. The number of nitrogens with zero attached hydrogens (tertiary/aromatic N) is 1. The molecule has 20 heavy (non-hydrogen) atoms. The lowest BCUT2D eigenvalue weighted by Gasteiger charge is -2.07. The van der Waals surface area contributed by atoms with Gasteiger partial charge >= 0.3 is 5.97 Å². The van der Waals surface area contributed by atoms with E-state index in [0.717, 1.165) is 5.56 Å². The van der Waals surface area contributed by atoms with E-state index in [0.29, 0.717) is 12.1 Å². The van der Waals surface area contributed by atoms with Crippen LogP contribution in [0.3, 0.4) is 0 Å². The molecule has 0 fully saturated rings. The summed E-state index contributed by atoms with van der Waals surface area (Å²) < 4.78 is 0. The average molecular weight is 276 g/mol. The molecule has 108 valence electrons. The minimum absolute atomic E-state index is 0.0201.